The summed E-state index contributed by atoms with van der Waals surface area (Å²) in [6.07, 6.45) is 0. The highest BCUT2D eigenvalue weighted by Gasteiger charge is 2.04. The third-order valence-electron chi connectivity index (χ3n) is 2.15. The maximum Gasteiger partial charge on any atom is 0.335 e. The number of aromatic carboxylic acids is 1. The van der Waals surface area contributed by atoms with Crippen molar-refractivity contribution in [3.05, 3.63) is 35.7 Å². The number of carbonyl (C=O) groups is 1. The average Bonchev–Trinajstić information content (AvgIpc) is 2.28. The molecule has 0 saturated heterocycles. The predicted molar refractivity (Wildman–Crippen MR) is 65.7 cm³/mol. The number of carboxylic acid groups (broad SMARTS) is 1. The van der Waals surface area contributed by atoms with Crippen molar-refractivity contribution >= 4 is 23.6 Å². The van der Waals surface area contributed by atoms with Gasteiger partial charge in [0, 0.05) is 5.69 Å². The van der Waals surface area contributed by atoms with Crippen LogP contribution in [0.1, 0.15) is 16.2 Å². The number of nitrogen functional groups attached to an aromatic ring is 1. The predicted octanol–water partition coefficient (Wildman–Crippen LogP) is 1.20. The van der Waals surface area contributed by atoms with E-state index in [2.05, 4.69) is 20.3 Å². The van der Waals surface area contributed by atoms with E-state index in [1.165, 1.54) is 12.1 Å². The minimum atomic E-state index is -0.971. The van der Waals surface area contributed by atoms with E-state index in [0.717, 1.165) is 0 Å². The summed E-state index contributed by atoms with van der Waals surface area (Å²) in [4.78, 5) is 22.5. The lowest BCUT2D eigenvalue weighted by molar-refractivity contribution is 0.0697. The molecule has 0 atom stereocenters. The van der Waals surface area contributed by atoms with Gasteiger partial charge in [-0.1, -0.05) is 0 Å². The van der Waals surface area contributed by atoms with Crippen molar-refractivity contribution in [1.29, 1.82) is 0 Å². The molecular formula is C11H11N5O2. The first-order valence-corrected chi connectivity index (χ1v) is 5.13. The van der Waals surface area contributed by atoms with Crippen LogP contribution in [0.25, 0.3) is 0 Å². The van der Waals surface area contributed by atoms with Crippen LogP contribution in [-0.4, -0.2) is 26.0 Å². The van der Waals surface area contributed by atoms with Gasteiger partial charge in [-0.05, 0) is 31.2 Å². The second-order valence-electron chi connectivity index (χ2n) is 3.57. The first-order valence-electron chi connectivity index (χ1n) is 5.13. The fourth-order valence-electron chi connectivity index (χ4n) is 1.38. The molecule has 18 heavy (non-hydrogen) atoms. The molecule has 0 aliphatic carbocycles. The van der Waals surface area contributed by atoms with E-state index < -0.39 is 5.97 Å². The van der Waals surface area contributed by atoms with Crippen molar-refractivity contribution in [3.8, 4) is 0 Å². The molecule has 0 bridgehead atoms. The van der Waals surface area contributed by atoms with Gasteiger partial charge in [-0.25, -0.2) is 4.79 Å². The molecule has 7 heteroatoms. The molecule has 1 aromatic heterocycles. The summed E-state index contributed by atoms with van der Waals surface area (Å²) in [5, 5.41) is 11.7. The number of nitrogens with two attached hydrogens (primary N) is 1. The largest absolute Gasteiger partial charge is 0.478 e. The van der Waals surface area contributed by atoms with Crippen LogP contribution in [0.15, 0.2) is 24.3 Å². The van der Waals surface area contributed by atoms with Crippen molar-refractivity contribution in [2.24, 2.45) is 0 Å². The van der Waals surface area contributed by atoms with Crippen LogP contribution >= 0.6 is 0 Å². The van der Waals surface area contributed by atoms with Crippen LogP contribution in [-0.2, 0) is 0 Å². The number of nitrogens with one attached hydrogen (secondary N) is 1. The second-order valence-corrected chi connectivity index (χ2v) is 3.57. The van der Waals surface area contributed by atoms with Crippen LogP contribution in [0.3, 0.4) is 0 Å². The molecule has 92 valence electrons. The zero-order chi connectivity index (χ0) is 13.1. The number of rotatable bonds is 3. The van der Waals surface area contributed by atoms with Crippen molar-refractivity contribution in [2.75, 3.05) is 11.1 Å². The van der Waals surface area contributed by atoms with Gasteiger partial charge in [0.25, 0.3) is 0 Å². The number of carboxylic acids is 1. The third-order valence-corrected chi connectivity index (χ3v) is 2.15. The van der Waals surface area contributed by atoms with E-state index in [-0.39, 0.29) is 11.5 Å². The Balaban J connectivity index is 2.20. The van der Waals surface area contributed by atoms with E-state index in [1.807, 2.05) is 0 Å². The summed E-state index contributed by atoms with van der Waals surface area (Å²) < 4.78 is 0. The summed E-state index contributed by atoms with van der Waals surface area (Å²) in [5.41, 5.74) is 6.38. The topological polar surface area (TPSA) is 114 Å². The van der Waals surface area contributed by atoms with Gasteiger partial charge in [0.2, 0.25) is 11.9 Å². The number of aromatic nitrogens is 3. The van der Waals surface area contributed by atoms with Gasteiger partial charge in [0.05, 0.1) is 5.56 Å². The average molecular weight is 245 g/mol. The van der Waals surface area contributed by atoms with Gasteiger partial charge in [0.1, 0.15) is 5.82 Å². The smallest absolute Gasteiger partial charge is 0.335 e. The minimum Gasteiger partial charge on any atom is -0.478 e. The van der Waals surface area contributed by atoms with Crippen LogP contribution in [0, 0.1) is 6.92 Å². The van der Waals surface area contributed by atoms with Gasteiger partial charge in [-0.2, -0.15) is 15.0 Å². The minimum absolute atomic E-state index is 0.132. The Kier molecular flexibility index (Phi) is 3.05. The van der Waals surface area contributed by atoms with E-state index in [0.29, 0.717) is 17.5 Å². The van der Waals surface area contributed by atoms with E-state index in [1.54, 1.807) is 19.1 Å². The second kappa shape index (κ2) is 4.66. The molecule has 2 rings (SSSR count). The normalized spacial score (nSPS) is 10.1. The van der Waals surface area contributed by atoms with E-state index >= 15 is 0 Å². The fraction of sp³-hybridized carbons (Fsp3) is 0.0909. The monoisotopic (exact) mass is 245 g/mol. The van der Waals surface area contributed by atoms with Gasteiger partial charge >= 0.3 is 5.97 Å². The highest BCUT2D eigenvalue weighted by molar-refractivity contribution is 5.88. The Morgan fingerprint density at radius 1 is 1.22 bits per heavy atom. The lowest BCUT2D eigenvalue weighted by Crippen LogP contribution is -2.05. The number of nitrogens with zero attached hydrogens (tertiary/aromatic N) is 3. The number of hydrogen-bond acceptors (Lipinski definition) is 6. The van der Waals surface area contributed by atoms with Crippen molar-refractivity contribution in [2.45, 2.75) is 6.92 Å². The number of aryl methyl sites for hydroxylation is 1. The molecule has 0 aliphatic heterocycles. The maximum absolute atomic E-state index is 10.7. The Morgan fingerprint density at radius 2 is 1.89 bits per heavy atom. The molecule has 0 saturated carbocycles. The van der Waals surface area contributed by atoms with Crippen molar-refractivity contribution in [3.63, 3.8) is 0 Å². The molecule has 0 aliphatic rings. The number of anilines is 3. The quantitative estimate of drug-likeness (QED) is 0.744. The first-order chi connectivity index (χ1) is 8.54. The van der Waals surface area contributed by atoms with E-state index in [9.17, 15) is 4.79 Å². The highest BCUT2D eigenvalue weighted by Crippen LogP contribution is 2.14. The molecule has 0 fully saturated rings. The number of hydrogen-bond donors (Lipinski definition) is 3. The SMILES string of the molecule is Cc1nc(N)nc(Nc2ccc(C(=O)O)cc2)n1. The lowest BCUT2D eigenvalue weighted by Gasteiger charge is -2.05. The Labute approximate surface area is 103 Å². The lowest BCUT2D eigenvalue weighted by atomic mass is 10.2. The maximum atomic E-state index is 10.7. The van der Waals surface area contributed by atoms with Gasteiger partial charge in [0.15, 0.2) is 0 Å². The summed E-state index contributed by atoms with van der Waals surface area (Å²) >= 11 is 0. The standard InChI is InChI=1S/C11H11N5O2/c1-6-13-10(12)16-11(14-6)15-8-4-2-7(3-5-8)9(17)18/h2-5H,1H3,(H,17,18)(H3,12,13,14,15,16). The molecule has 0 spiro atoms. The molecule has 7 nitrogen and oxygen atoms in total. The molecule has 0 amide bonds. The number of benzene rings is 1. The molecular weight excluding hydrogens is 234 g/mol. The zero-order valence-corrected chi connectivity index (χ0v) is 9.58. The van der Waals surface area contributed by atoms with Crippen LogP contribution < -0.4 is 11.1 Å². The van der Waals surface area contributed by atoms with Gasteiger partial charge < -0.3 is 16.2 Å². The van der Waals surface area contributed by atoms with Gasteiger partial charge in [-0.15, -0.1) is 0 Å². The Bertz CT molecular complexity index is 562. The third kappa shape index (κ3) is 2.70. The molecule has 0 unspecified atom stereocenters. The highest BCUT2D eigenvalue weighted by atomic mass is 16.4. The zero-order valence-electron chi connectivity index (χ0n) is 9.58. The van der Waals surface area contributed by atoms with Crippen molar-refractivity contribution < 1.29 is 9.90 Å². The Morgan fingerprint density at radius 3 is 2.44 bits per heavy atom. The molecule has 0 radical (unpaired) electrons. The molecule has 4 N–H and O–H groups in total. The first kappa shape index (κ1) is 11.8. The van der Waals surface area contributed by atoms with Crippen molar-refractivity contribution in [1.82, 2.24) is 15.0 Å². The molecule has 1 aromatic carbocycles. The molecule has 1 heterocycles. The summed E-state index contributed by atoms with van der Waals surface area (Å²) in [6, 6.07) is 6.22. The summed E-state index contributed by atoms with van der Waals surface area (Å²) in [5.74, 6) is -0.0100. The van der Waals surface area contributed by atoms with Gasteiger partial charge in [-0.3, -0.25) is 0 Å². The summed E-state index contributed by atoms with van der Waals surface area (Å²) in [6.45, 7) is 1.71. The fourth-order valence-corrected chi connectivity index (χ4v) is 1.38. The van der Waals surface area contributed by atoms with E-state index in [4.69, 9.17) is 10.8 Å². The molecule has 2 aromatic rings. The van der Waals surface area contributed by atoms with Crippen LogP contribution in [0.5, 0.6) is 0 Å². The van der Waals surface area contributed by atoms with Crippen LogP contribution in [0.2, 0.25) is 0 Å². The summed E-state index contributed by atoms with van der Waals surface area (Å²) in [7, 11) is 0. The Hall–Kier alpha value is -2.70. The van der Waals surface area contributed by atoms with Crippen LogP contribution in [0.4, 0.5) is 17.6 Å².